The number of nitrogens with zero attached hydrogens (tertiary/aromatic N) is 1. The molecular weight excluding hydrogens is 250 g/mol. The number of nitrogens with two attached hydrogens (primary N) is 1. The van der Waals surface area contributed by atoms with Crippen molar-refractivity contribution in [2.75, 3.05) is 13.6 Å². The van der Waals surface area contributed by atoms with Gasteiger partial charge in [-0.05, 0) is 30.5 Å². The molecule has 0 fully saturated rings. The number of aromatic amines is 1. The molecule has 1 heterocycles. The minimum Gasteiger partial charge on any atom is -0.361 e. The SMILES string of the molecule is CC(C)C(N)CCN(C)C(=O)c1cccc2[nH]ccc12. The van der Waals surface area contributed by atoms with Crippen molar-refractivity contribution >= 4 is 16.8 Å². The minimum absolute atomic E-state index is 0.0474. The van der Waals surface area contributed by atoms with Crippen molar-refractivity contribution in [1.82, 2.24) is 9.88 Å². The van der Waals surface area contributed by atoms with Gasteiger partial charge in [-0.3, -0.25) is 4.79 Å². The van der Waals surface area contributed by atoms with E-state index in [9.17, 15) is 4.79 Å². The number of carbonyl (C=O) groups is 1. The average Bonchev–Trinajstić information content (AvgIpc) is 2.91. The van der Waals surface area contributed by atoms with Crippen molar-refractivity contribution in [3.05, 3.63) is 36.0 Å². The maximum Gasteiger partial charge on any atom is 0.254 e. The molecule has 20 heavy (non-hydrogen) atoms. The lowest BCUT2D eigenvalue weighted by Crippen LogP contribution is -2.34. The first-order valence-electron chi connectivity index (χ1n) is 7.08. The fraction of sp³-hybridized carbons (Fsp3) is 0.438. The van der Waals surface area contributed by atoms with Gasteiger partial charge in [-0.1, -0.05) is 19.9 Å². The highest BCUT2D eigenvalue weighted by molar-refractivity contribution is 6.06. The van der Waals surface area contributed by atoms with Crippen LogP contribution in [0.5, 0.6) is 0 Å². The van der Waals surface area contributed by atoms with Crippen molar-refractivity contribution in [2.45, 2.75) is 26.3 Å². The van der Waals surface area contributed by atoms with Crippen LogP contribution >= 0.6 is 0 Å². The monoisotopic (exact) mass is 273 g/mol. The predicted molar refractivity (Wildman–Crippen MR) is 82.7 cm³/mol. The van der Waals surface area contributed by atoms with E-state index in [1.807, 2.05) is 37.5 Å². The van der Waals surface area contributed by atoms with Gasteiger partial charge in [-0.15, -0.1) is 0 Å². The first-order valence-corrected chi connectivity index (χ1v) is 7.08. The van der Waals surface area contributed by atoms with Crippen LogP contribution in [0.25, 0.3) is 10.9 Å². The molecule has 1 unspecified atom stereocenters. The van der Waals surface area contributed by atoms with Gasteiger partial charge in [0.25, 0.3) is 5.91 Å². The molecule has 1 atom stereocenters. The molecule has 0 saturated heterocycles. The van der Waals surface area contributed by atoms with Crippen molar-refractivity contribution in [3.8, 4) is 0 Å². The summed E-state index contributed by atoms with van der Waals surface area (Å²) >= 11 is 0. The number of hydrogen-bond acceptors (Lipinski definition) is 2. The number of hydrogen-bond donors (Lipinski definition) is 2. The van der Waals surface area contributed by atoms with E-state index in [1.165, 1.54) is 0 Å². The number of carbonyl (C=O) groups excluding carboxylic acids is 1. The lowest BCUT2D eigenvalue weighted by molar-refractivity contribution is 0.0791. The molecular formula is C16H23N3O. The Labute approximate surface area is 120 Å². The van der Waals surface area contributed by atoms with Crippen LogP contribution in [0.2, 0.25) is 0 Å². The zero-order valence-electron chi connectivity index (χ0n) is 12.4. The van der Waals surface area contributed by atoms with Crippen LogP contribution < -0.4 is 5.73 Å². The molecule has 4 nitrogen and oxygen atoms in total. The summed E-state index contributed by atoms with van der Waals surface area (Å²) in [6, 6.07) is 7.82. The smallest absolute Gasteiger partial charge is 0.254 e. The van der Waals surface area contributed by atoms with Crippen LogP contribution in [0.4, 0.5) is 0 Å². The number of aromatic nitrogens is 1. The highest BCUT2D eigenvalue weighted by Crippen LogP contribution is 2.19. The fourth-order valence-electron chi connectivity index (χ4n) is 2.26. The molecule has 1 aromatic heterocycles. The molecule has 108 valence electrons. The minimum atomic E-state index is 0.0474. The van der Waals surface area contributed by atoms with Crippen molar-refractivity contribution in [3.63, 3.8) is 0 Å². The third kappa shape index (κ3) is 3.02. The molecule has 0 aliphatic carbocycles. The van der Waals surface area contributed by atoms with E-state index in [1.54, 1.807) is 4.90 Å². The van der Waals surface area contributed by atoms with Crippen molar-refractivity contribution in [1.29, 1.82) is 0 Å². The number of benzene rings is 1. The van der Waals surface area contributed by atoms with E-state index in [-0.39, 0.29) is 11.9 Å². The first kappa shape index (κ1) is 14.6. The largest absolute Gasteiger partial charge is 0.361 e. The van der Waals surface area contributed by atoms with E-state index >= 15 is 0 Å². The van der Waals surface area contributed by atoms with Gasteiger partial charge >= 0.3 is 0 Å². The van der Waals surface area contributed by atoms with Crippen LogP contribution in [0.15, 0.2) is 30.5 Å². The van der Waals surface area contributed by atoms with E-state index in [0.29, 0.717) is 12.5 Å². The van der Waals surface area contributed by atoms with E-state index in [2.05, 4.69) is 18.8 Å². The molecule has 1 aromatic carbocycles. The lowest BCUT2D eigenvalue weighted by Gasteiger charge is -2.22. The second kappa shape index (κ2) is 6.09. The molecule has 0 bridgehead atoms. The highest BCUT2D eigenvalue weighted by atomic mass is 16.2. The normalized spacial score (nSPS) is 12.8. The van der Waals surface area contributed by atoms with Crippen LogP contribution in [0, 0.1) is 5.92 Å². The Morgan fingerprint density at radius 3 is 2.80 bits per heavy atom. The van der Waals surface area contributed by atoms with Crippen LogP contribution in [-0.2, 0) is 0 Å². The van der Waals surface area contributed by atoms with Crippen molar-refractivity contribution in [2.24, 2.45) is 11.7 Å². The third-order valence-corrected chi connectivity index (χ3v) is 3.83. The molecule has 0 radical (unpaired) electrons. The second-order valence-electron chi connectivity index (χ2n) is 5.67. The van der Waals surface area contributed by atoms with E-state index in [0.717, 1.165) is 22.9 Å². The molecule has 3 N–H and O–H groups in total. The van der Waals surface area contributed by atoms with Crippen molar-refractivity contribution < 1.29 is 4.79 Å². The standard InChI is InChI=1S/C16H23N3O/c1-11(2)14(17)8-10-19(3)16(20)13-5-4-6-15-12(13)7-9-18-15/h4-7,9,11,14,18H,8,10,17H2,1-3H3. The zero-order valence-corrected chi connectivity index (χ0v) is 12.4. The molecule has 2 rings (SSSR count). The van der Waals surface area contributed by atoms with Gasteiger partial charge in [0, 0.05) is 42.3 Å². The Bertz CT molecular complexity index is 588. The molecule has 2 aromatic rings. The van der Waals surface area contributed by atoms with E-state index in [4.69, 9.17) is 5.73 Å². The van der Waals surface area contributed by atoms with Gasteiger partial charge in [0.2, 0.25) is 0 Å². The van der Waals surface area contributed by atoms with Gasteiger partial charge in [-0.25, -0.2) is 0 Å². The zero-order chi connectivity index (χ0) is 14.7. The van der Waals surface area contributed by atoms with Gasteiger partial charge < -0.3 is 15.6 Å². The van der Waals surface area contributed by atoms with Gasteiger partial charge in [0.15, 0.2) is 0 Å². The lowest BCUT2D eigenvalue weighted by atomic mass is 10.0. The maximum atomic E-state index is 12.5. The summed E-state index contributed by atoms with van der Waals surface area (Å²) in [5.41, 5.74) is 7.76. The number of nitrogens with one attached hydrogen (secondary N) is 1. The number of H-pyrrole nitrogens is 1. The summed E-state index contributed by atoms with van der Waals surface area (Å²) in [6.07, 6.45) is 2.68. The first-order chi connectivity index (χ1) is 9.50. The second-order valence-corrected chi connectivity index (χ2v) is 5.67. The number of amides is 1. The Morgan fingerprint density at radius 2 is 2.10 bits per heavy atom. The van der Waals surface area contributed by atoms with Crippen LogP contribution in [0.3, 0.4) is 0 Å². The molecule has 0 aliphatic heterocycles. The number of rotatable bonds is 5. The molecule has 1 amide bonds. The topological polar surface area (TPSA) is 62.1 Å². The molecule has 0 saturated carbocycles. The van der Waals surface area contributed by atoms with Gasteiger partial charge in [-0.2, -0.15) is 0 Å². The van der Waals surface area contributed by atoms with E-state index < -0.39 is 0 Å². The van der Waals surface area contributed by atoms with Gasteiger partial charge in [0.05, 0.1) is 0 Å². The molecule has 0 spiro atoms. The average molecular weight is 273 g/mol. The Hall–Kier alpha value is -1.81. The summed E-state index contributed by atoms with van der Waals surface area (Å²) in [5, 5.41) is 0.970. The summed E-state index contributed by atoms with van der Waals surface area (Å²) < 4.78 is 0. The summed E-state index contributed by atoms with van der Waals surface area (Å²) in [4.78, 5) is 17.4. The summed E-state index contributed by atoms with van der Waals surface area (Å²) in [5.74, 6) is 0.484. The van der Waals surface area contributed by atoms with Crippen LogP contribution in [-0.4, -0.2) is 35.4 Å². The Balaban J connectivity index is 2.09. The number of fused-ring (bicyclic) bond motifs is 1. The Kier molecular flexibility index (Phi) is 4.45. The maximum absolute atomic E-state index is 12.5. The quantitative estimate of drug-likeness (QED) is 0.879. The summed E-state index contributed by atoms with van der Waals surface area (Å²) in [7, 11) is 1.83. The molecule has 0 aliphatic rings. The summed E-state index contributed by atoms with van der Waals surface area (Å²) in [6.45, 7) is 4.89. The van der Waals surface area contributed by atoms with Crippen LogP contribution in [0.1, 0.15) is 30.6 Å². The predicted octanol–water partition coefficient (Wildman–Crippen LogP) is 2.61. The van der Waals surface area contributed by atoms with Gasteiger partial charge in [0.1, 0.15) is 0 Å². The third-order valence-electron chi connectivity index (χ3n) is 3.83. The fourth-order valence-corrected chi connectivity index (χ4v) is 2.26. The molecule has 4 heteroatoms. The highest BCUT2D eigenvalue weighted by Gasteiger charge is 2.16. The Morgan fingerprint density at radius 1 is 1.35 bits per heavy atom.